The topological polar surface area (TPSA) is 63.5 Å². The molecule has 0 N–H and O–H groups in total. The van der Waals surface area contributed by atoms with Gasteiger partial charge in [-0.3, -0.25) is 14.9 Å². The maximum Gasteiger partial charge on any atom is 0.270 e. The smallest absolute Gasteiger partial charge is 0.270 e. The Balaban J connectivity index is 3.00. The van der Waals surface area contributed by atoms with Crippen LogP contribution in [0.3, 0.4) is 0 Å². The standard InChI is InChI=1S/C11H13N2O3/c1-3-12(4-2)11(14)9-6-5-7-10(8-9)13(15)16/h5,7-8H,3-4H2,1-2H3. The molecule has 1 aromatic rings. The summed E-state index contributed by atoms with van der Waals surface area (Å²) in [6.45, 7) is 4.87. The second-order valence-corrected chi connectivity index (χ2v) is 3.20. The first kappa shape index (κ1) is 12.2. The molecule has 0 atom stereocenters. The molecule has 0 aliphatic rings. The minimum Gasteiger partial charge on any atom is -0.339 e. The number of nitrogens with zero attached hydrogens (tertiary/aromatic N) is 2. The van der Waals surface area contributed by atoms with Crippen molar-refractivity contribution < 1.29 is 9.72 Å². The lowest BCUT2D eigenvalue weighted by atomic mass is 10.2. The normalized spacial score (nSPS) is 9.88. The Hall–Kier alpha value is -1.91. The van der Waals surface area contributed by atoms with Crippen LogP contribution in [0.1, 0.15) is 24.2 Å². The third-order valence-electron chi connectivity index (χ3n) is 2.28. The number of nitro benzene ring substituents is 1. The molecule has 1 amide bonds. The molecule has 0 saturated carbocycles. The van der Waals surface area contributed by atoms with E-state index in [0.29, 0.717) is 13.1 Å². The van der Waals surface area contributed by atoms with E-state index in [1.54, 1.807) is 4.90 Å². The van der Waals surface area contributed by atoms with Gasteiger partial charge in [-0.1, -0.05) is 0 Å². The summed E-state index contributed by atoms with van der Waals surface area (Å²) >= 11 is 0. The SMILES string of the molecule is CCN(CC)C(=O)c1[c]ccc([N+](=O)[O-])c1. The monoisotopic (exact) mass is 221 g/mol. The van der Waals surface area contributed by atoms with Crippen molar-refractivity contribution in [2.45, 2.75) is 13.8 Å². The highest BCUT2D eigenvalue weighted by atomic mass is 16.6. The number of nitro groups is 1. The molecule has 0 saturated heterocycles. The zero-order valence-electron chi connectivity index (χ0n) is 9.27. The van der Waals surface area contributed by atoms with Crippen molar-refractivity contribution in [2.75, 3.05) is 13.1 Å². The van der Waals surface area contributed by atoms with Gasteiger partial charge in [0, 0.05) is 25.2 Å². The Morgan fingerprint density at radius 1 is 1.50 bits per heavy atom. The van der Waals surface area contributed by atoms with Crippen LogP contribution in [0, 0.1) is 16.2 Å². The highest BCUT2D eigenvalue weighted by Gasteiger charge is 2.15. The van der Waals surface area contributed by atoms with E-state index in [1.807, 2.05) is 13.8 Å². The van der Waals surface area contributed by atoms with Gasteiger partial charge in [0.05, 0.1) is 10.5 Å². The van der Waals surface area contributed by atoms with Crippen LogP contribution in [0.5, 0.6) is 0 Å². The molecule has 0 unspecified atom stereocenters. The molecule has 1 radical (unpaired) electrons. The summed E-state index contributed by atoms with van der Waals surface area (Å²) in [5, 5.41) is 10.6. The summed E-state index contributed by atoms with van der Waals surface area (Å²) in [5.41, 5.74) is 0.146. The molecule has 1 aromatic carbocycles. The quantitative estimate of drug-likeness (QED) is 0.576. The minimum absolute atomic E-state index is 0.0887. The predicted molar refractivity (Wildman–Crippen MR) is 59.2 cm³/mol. The largest absolute Gasteiger partial charge is 0.339 e. The fourth-order valence-corrected chi connectivity index (χ4v) is 1.37. The van der Waals surface area contributed by atoms with Crippen molar-refractivity contribution in [2.24, 2.45) is 0 Å². The number of rotatable bonds is 4. The van der Waals surface area contributed by atoms with Crippen molar-refractivity contribution in [1.82, 2.24) is 4.90 Å². The Kier molecular flexibility index (Phi) is 3.99. The van der Waals surface area contributed by atoms with Crippen LogP contribution in [-0.4, -0.2) is 28.8 Å². The molecular weight excluding hydrogens is 208 g/mol. The molecule has 0 aliphatic heterocycles. The second-order valence-electron chi connectivity index (χ2n) is 3.20. The van der Waals surface area contributed by atoms with Crippen molar-refractivity contribution in [3.8, 4) is 0 Å². The Labute approximate surface area is 93.8 Å². The highest BCUT2D eigenvalue weighted by Crippen LogP contribution is 2.14. The number of non-ortho nitro benzene ring substituents is 1. The summed E-state index contributed by atoms with van der Waals surface area (Å²) in [6.07, 6.45) is 0. The lowest BCUT2D eigenvalue weighted by Gasteiger charge is -2.18. The molecule has 85 valence electrons. The van der Waals surface area contributed by atoms with E-state index in [2.05, 4.69) is 6.07 Å². The molecule has 5 heteroatoms. The van der Waals surface area contributed by atoms with E-state index >= 15 is 0 Å². The van der Waals surface area contributed by atoms with E-state index in [0.717, 1.165) is 0 Å². The average molecular weight is 221 g/mol. The van der Waals surface area contributed by atoms with Crippen molar-refractivity contribution >= 4 is 11.6 Å². The second kappa shape index (κ2) is 5.25. The highest BCUT2D eigenvalue weighted by molar-refractivity contribution is 5.94. The predicted octanol–water partition coefficient (Wildman–Crippen LogP) is 1.88. The first-order valence-electron chi connectivity index (χ1n) is 5.05. The molecule has 0 bridgehead atoms. The van der Waals surface area contributed by atoms with Gasteiger partial charge in [0.15, 0.2) is 0 Å². The van der Waals surface area contributed by atoms with Gasteiger partial charge in [-0.25, -0.2) is 0 Å². The van der Waals surface area contributed by atoms with E-state index in [9.17, 15) is 14.9 Å². The van der Waals surface area contributed by atoms with Crippen LogP contribution >= 0.6 is 0 Å². The first-order chi connectivity index (χ1) is 7.60. The lowest BCUT2D eigenvalue weighted by molar-refractivity contribution is -0.384. The maximum atomic E-state index is 11.9. The first-order valence-corrected chi connectivity index (χ1v) is 5.05. The van der Waals surface area contributed by atoms with Crippen molar-refractivity contribution in [3.63, 3.8) is 0 Å². The zero-order chi connectivity index (χ0) is 12.1. The average Bonchev–Trinajstić information content (AvgIpc) is 2.30. The number of hydrogen-bond donors (Lipinski definition) is 0. The van der Waals surface area contributed by atoms with E-state index in [1.165, 1.54) is 18.2 Å². The van der Waals surface area contributed by atoms with Crippen LogP contribution in [0.25, 0.3) is 0 Å². The molecule has 16 heavy (non-hydrogen) atoms. The van der Waals surface area contributed by atoms with Gasteiger partial charge in [-0.15, -0.1) is 0 Å². The number of amides is 1. The minimum atomic E-state index is -0.521. The maximum absolute atomic E-state index is 11.9. The fraction of sp³-hybridized carbons (Fsp3) is 0.364. The molecule has 0 heterocycles. The van der Waals surface area contributed by atoms with Gasteiger partial charge in [0.1, 0.15) is 0 Å². The molecular formula is C11H13N2O3. The fourth-order valence-electron chi connectivity index (χ4n) is 1.37. The van der Waals surface area contributed by atoms with Crippen molar-refractivity contribution in [3.05, 3.63) is 39.9 Å². The number of benzene rings is 1. The van der Waals surface area contributed by atoms with Gasteiger partial charge in [0.25, 0.3) is 11.6 Å². The number of carbonyl (C=O) groups is 1. The summed E-state index contributed by atoms with van der Waals surface area (Å²) in [5.74, 6) is -0.228. The molecule has 0 aliphatic carbocycles. The molecule has 0 spiro atoms. The van der Waals surface area contributed by atoms with Crippen molar-refractivity contribution in [1.29, 1.82) is 0 Å². The van der Waals surface area contributed by atoms with Crippen LogP contribution in [-0.2, 0) is 0 Å². The Bertz CT molecular complexity index is 400. The van der Waals surface area contributed by atoms with Gasteiger partial charge in [-0.05, 0) is 26.0 Å². The van der Waals surface area contributed by atoms with Crippen LogP contribution in [0.15, 0.2) is 18.2 Å². The number of carbonyl (C=O) groups excluding carboxylic acids is 1. The molecule has 0 aromatic heterocycles. The Morgan fingerprint density at radius 3 is 2.62 bits per heavy atom. The summed E-state index contributed by atoms with van der Waals surface area (Å²) in [6, 6.07) is 6.68. The Morgan fingerprint density at radius 2 is 2.12 bits per heavy atom. The summed E-state index contributed by atoms with van der Waals surface area (Å²) in [7, 11) is 0. The summed E-state index contributed by atoms with van der Waals surface area (Å²) in [4.78, 5) is 23.5. The molecule has 0 fully saturated rings. The molecule has 1 rings (SSSR count). The van der Waals surface area contributed by atoms with Gasteiger partial charge in [-0.2, -0.15) is 0 Å². The zero-order valence-corrected chi connectivity index (χ0v) is 9.27. The van der Waals surface area contributed by atoms with Gasteiger partial charge >= 0.3 is 0 Å². The van der Waals surface area contributed by atoms with Crippen LogP contribution in [0.2, 0.25) is 0 Å². The van der Waals surface area contributed by atoms with Gasteiger partial charge in [0.2, 0.25) is 0 Å². The van der Waals surface area contributed by atoms with E-state index in [-0.39, 0.29) is 17.2 Å². The van der Waals surface area contributed by atoms with E-state index in [4.69, 9.17) is 0 Å². The van der Waals surface area contributed by atoms with Crippen LogP contribution in [0.4, 0.5) is 5.69 Å². The third-order valence-corrected chi connectivity index (χ3v) is 2.28. The molecule has 5 nitrogen and oxygen atoms in total. The van der Waals surface area contributed by atoms with E-state index < -0.39 is 4.92 Å². The summed E-state index contributed by atoms with van der Waals surface area (Å²) < 4.78 is 0. The van der Waals surface area contributed by atoms with Gasteiger partial charge < -0.3 is 4.90 Å². The van der Waals surface area contributed by atoms with Crippen LogP contribution < -0.4 is 0 Å². The number of hydrogen-bond acceptors (Lipinski definition) is 3. The lowest BCUT2D eigenvalue weighted by Crippen LogP contribution is -2.30. The third kappa shape index (κ3) is 2.56.